The van der Waals surface area contributed by atoms with Crippen molar-refractivity contribution in [2.75, 3.05) is 11.4 Å². The molecule has 0 unspecified atom stereocenters. The van der Waals surface area contributed by atoms with Crippen molar-refractivity contribution in [2.24, 2.45) is 0 Å². The highest BCUT2D eigenvalue weighted by atomic mass is 35.5. The molecule has 7 heteroatoms. The molecule has 2 aromatic carbocycles. The van der Waals surface area contributed by atoms with Gasteiger partial charge < -0.3 is 5.32 Å². The van der Waals surface area contributed by atoms with Crippen LogP contribution in [0.3, 0.4) is 0 Å². The second kappa shape index (κ2) is 7.80. The molecule has 1 aliphatic rings. The molecule has 1 N–H and O–H groups in total. The van der Waals surface area contributed by atoms with Crippen LogP contribution < -0.4 is 10.2 Å². The third kappa shape index (κ3) is 4.11. The first-order chi connectivity index (χ1) is 12.9. The van der Waals surface area contributed by atoms with E-state index in [0.29, 0.717) is 10.7 Å². The highest BCUT2D eigenvalue weighted by Crippen LogP contribution is 2.25. The average Bonchev–Trinajstić information content (AvgIpc) is 2.85. The van der Waals surface area contributed by atoms with E-state index in [1.165, 1.54) is 4.90 Å². The summed E-state index contributed by atoms with van der Waals surface area (Å²) in [5.41, 5.74) is 2.53. The molecule has 1 heterocycles. The number of rotatable bonds is 5. The van der Waals surface area contributed by atoms with E-state index in [-0.39, 0.29) is 13.1 Å². The van der Waals surface area contributed by atoms with E-state index in [1.807, 2.05) is 25.1 Å². The highest BCUT2D eigenvalue weighted by Gasteiger charge is 2.43. The molecule has 0 aliphatic carbocycles. The number of carbonyl (C=O) groups is 3. The van der Waals surface area contributed by atoms with Crippen LogP contribution in [-0.4, -0.2) is 35.3 Å². The van der Waals surface area contributed by atoms with E-state index >= 15 is 0 Å². The number of hydrogen-bond donors (Lipinski definition) is 1. The SMILES string of the molecule is Cc1ccc(N2C(=O)N(CC(=O)NCc3cccc(Cl)c3)C(=O)[C@@H]2C)cc1. The lowest BCUT2D eigenvalue weighted by Crippen LogP contribution is -2.41. The molecule has 1 saturated heterocycles. The Hall–Kier alpha value is -2.86. The fourth-order valence-electron chi connectivity index (χ4n) is 2.96. The van der Waals surface area contributed by atoms with Gasteiger partial charge in [0.05, 0.1) is 0 Å². The topological polar surface area (TPSA) is 69.7 Å². The van der Waals surface area contributed by atoms with Gasteiger partial charge in [-0.2, -0.15) is 0 Å². The van der Waals surface area contributed by atoms with E-state index in [9.17, 15) is 14.4 Å². The standard InChI is InChI=1S/C20H20ClN3O3/c1-13-6-8-17(9-7-13)24-14(2)19(26)23(20(24)27)12-18(25)22-11-15-4-3-5-16(21)10-15/h3-10,14H,11-12H2,1-2H3,(H,22,25)/t14-/m0/s1. The number of benzene rings is 2. The maximum atomic E-state index is 12.7. The van der Waals surface area contributed by atoms with Gasteiger partial charge in [0.25, 0.3) is 5.91 Å². The fourth-order valence-corrected chi connectivity index (χ4v) is 3.17. The third-order valence-corrected chi connectivity index (χ3v) is 4.68. The Balaban J connectivity index is 1.65. The quantitative estimate of drug-likeness (QED) is 0.804. The fraction of sp³-hybridized carbons (Fsp3) is 0.250. The Bertz CT molecular complexity index is 882. The third-order valence-electron chi connectivity index (χ3n) is 4.44. The van der Waals surface area contributed by atoms with Gasteiger partial charge in [-0.3, -0.25) is 19.4 Å². The molecule has 1 fully saturated rings. The van der Waals surface area contributed by atoms with Crippen molar-refractivity contribution in [3.8, 4) is 0 Å². The summed E-state index contributed by atoms with van der Waals surface area (Å²) in [6.45, 7) is 3.56. The number of hydrogen-bond acceptors (Lipinski definition) is 3. The lowest BCUT2D eigenvalue weighted by atomic mass is 10.2. The predicted octanol–water partition coefficient (Wildman–Crippen LogP) is 3.12. The van der Waals surface area contributed by atoms with Crippen molar-refractivity contribution >= 4 is 35.1 Å². The van der Waals surface area contributed by atoms with Crippen LogP contribution in [0.25, 0.3) is 0 Å². The first-order valence-corrected chi connectivity index (χ1v) is 8.97. The number of halogens is 1. The Labute approximate surface area is 162 Å². The van der Waals surface area contributed by atoms with Gasteiger partial charge in [0.1, 0.15) is 12.6 Å². The van der Waals surface area contributed by atoms with Crippen LogP contribution in [0.5, 0.6) is 0 Å². The monoisotopic (exact) mass is 385 g/mol. The molecule has 0 radical (unpaired) electrons. The molecule has 0 aromatic heterocycles. The molecule has 0 bridgehead atoms. The van der Waals surface area contributed by atoms with Gasteiger partial charge in [0, 0.05) is 17.3 Å². The Morgan fingerprint density at radius 3 is 2.52 bits per heavy atom. The van der Waals surface area contributed by atoms with E-state index in [4.69, 9.17) is 11.6 Å². The number of aryl methyl sites for hydroxylation is 1. The molecule has 2 aromatic rings. The summed E-state index contributed by atoms with van der Waals surface area (Å²) in [5, 5.41) is 3.29. The Kier molecular flexibility index (Phi) is 5.46. The van der Waals surface area contributed by atoms with E-state index in [0.717, 1.165) is 16.0 Å². The van der Waals surface area contributed by atoms with Crippen molar-refractivity contribution in [3.63, 3.8) is 0 Å². The van der Waals surface area contributed by atoms with Gasteiger partial charge >= 0.3 is 6.03 Å². The minimum atomic E-state index is -0.652. The minimum Gasteiger partial charge on any atom is -0.350 e. The number of nitrogens with one attached hydrogen (secondary N) is 1. The number of carbonyl (C=O) groups excluding carboxylic acids is 3. The summed E-state index contributed by atoms with van der Waals surface area (Å²) in [6.07, 6.45) is 0. The van der Waals surface area contributed by atoms with Crippen molar-refractivity contribution in [3.05, 3.63) is 64.7 Å². The largest absolute Gasteiger partial charge is 0.350 e. The first-order valence-electron chi connectivity index (χ1n) is 8.59. The van der Waals surface area contributed by atoms with Gasteiger partial charge in [-0.05, 0) is 43.7 Å². The minimum absolute atomic E-state index is 0.271. The Morgan fingerprint density at radius 1 is 1.15 bits per heavy atom. The van der Waals surface area contributed by atoms with Crippen molar-refractivity contribution < 1.29 is 14.4 Å². The average molecular weight is 386 g/mol. The zero-order valence-corrected chi connectivity index (χ0v) is 15.9. The molecule has 3 rings (SSSR count). The second-order valence-electron chi connectivity index (χ2n) is 6.50. The van der Waals surface area contributed by atoms with Gasteiger partial charge in [-0.25, -0.2) is 4.79 Å². The van der Waals surface area contributed by atoms with Crippen LogP contribution in [0.4, 0.5) is 10.5 Å². The van der Waals surface area contributed by atoms with Crippen molar-refractivity contribution in [1.29, 1.82) is 0 Å². The van der Waals surface area contributed by atoms with E-state index < -0.39 is 23.9 Å². The normalized spacial score (nSPS) is 16.8. The summed E-state index contributed by atoms with van der Waals surface area (Å²) in [4.78, 5) is 39.8. The number of imide groups is 1. The van der Waals surface area contributed by atoms with Crippen molar-refractivity contribution in [1.82, 2.24) is 10.2 Å². The predicted molar refractivity (Wildman–Crippen MR) is 104 cm³/mol. The zero-order chi connectivity index (χ0) is 19.6. The smallest absolute Gasteiger partial charge is 0.332 e. The van der Waals surface area contributed by atoms with Crippen LogP contribution in [-0.2, 0) is 16.1 Å². The van der Waals surface area contributed by atoms with Gasteiger partial charge in [-0.15, -0.1) is 0 Å². The van der Waals surface area contributed by atoms with Crippen LogP contribution in [0, 0.1) is 6.92 Å². The summed E-state index contributed by atoms with van der Waals surface area (Å²) >= 11 is 5.92. The number of anilines is 1. The zero-order valence-electron chi connectivity index (χ0n) is 15.1. The molecule has 6 nitrogen and oxygen atoms in total. The molecule has 1 atom stereocenters. The second-order valence-corrected chi connectivity index (χ2v) is 6.93. The van der Waals surface area contributed by atoms with Crippen molar-refractivity contribution in [2.45, 2.75) is 26.4 Å². The molecule has 0 saturated carbocycles. The summed E-state index contributed by atoms with van der Waals surface area (Å²) in [6, 6.07) is 13.3. The summed E-state index contributed by atoms with van der Waals surface area (Å²) < 4.78 is 0. The maximum Gasteiger partial charge on any atom is 0.332 e. The molecule has 27 heavy (non-hydrogen) atoms. The lowest BCUT2D eigenvalue weighted by molar-refractivity contribution is -0.131. The molecule has 0 spiro atoms. The summed E-state index contributed by atoms with van der Waals surface area (Å²) in [7, 11) is 0. The van der Waals surface area contributed by atoms with Crippen LogP contribution in [0.15, 0.2) is 48.5 Å². The van der Waals surface area contributed by atoms with Gasteiger partial charge in [-0.1, -0.05) is 41.4 Å². The van der Waals surface area contributed by atoms with Crippen LogP contribution in [0.1, 0.15) is 18.1 Å². The van der Waals surface area contributed by atoms with Crippen LogP contribution >= 0.6 is 11.6 Å². The van der Waals surface area contributed by atoms with Gasteiger partial charge in [0.2, 0.25) is 5.91 Å². The highest BCUT2D eigenvalue weighted by molar-refractivity contribution is 6.30. The number of urea groups is 1. The Morgan fingerprint density at radius 2 is 1.85 bits per heavy atom. The molecule has 1 aliphatic heterocycles. The molecule has 140 valence electrons. The summed E-state index contributed by atoms with van der Waals surface area (Å²) in [5.74, 6) is -0.798. The first kappa shape index (κ1) is 18.9. The maximum absolute atomic E-state index is 12.7. The lowest BCUT2D eigenvalue weighted by Gasteiger charge is -2.19. The number of amides is 4. The molecular weight excluding hydrogens is 366 g/mol. The molecule has 4 amide bonds. The van der Waals surface area contributed by atoms with Gasteiger partial charge in [0.15, 0.2) is 0 Å². The number of nitrogens with zero attached hydrogens (tertiary/aromatic N) is 2. The van der Waals surface area contributed by atoms with Crippen LogP contribution in [0.2, 0.25) is 5.02 Å². The van der Waals surface area contributed by atoms with E-state index in [2.05, 4.69) is 5.32 Å². The molecular formula is C20H20ClN3O3. The van der Waals surface area contributed by atoms with E-state index in [1.54, 1.807) is 37.3 Å².